The Morgan fingerprint density at radius 2 is 1.77 bits per heavy atom. The van der Waals surface area contributed by atoms with Crippen LogP contribution in [0.15, 0.2) is 18.2 Å². The Morgan fingerprint density at radius 3 is 2.38 bits per heavy atom. The van der Waals surface area contributed by atoms with Crippen LogP contribution in [0.1, 0.15) is 37.8 Å². The molecule has 68 valence electrons. The Balaban J connectivity index is 2.95. The van der Waals surface area contributed by atoms with Gasteiger partial charge in [0, 0.05) is 0 Å². The molecule has 0 amide bonds. The van der Waals surface area contributed by atoms with Crippen molar-refractivity contribution in [2.45, 2.75) is 39.5 Å². The van der Waals surface area contributed by atoms with Gasteiger partial charge in [-0.3, -0.25) is 0 Å². The topological polar surface area (TPSA) is 0 Å². The highest BCUT2D eigenvalue weighted by molar-refractivity contribution is 6.33. The minimum Gasteiger partial charge on any atom is -0.0933 e. The van der Waals surface area contributed by atoms with Crippen LogP contribution in [-0.4, -0.2) is 7.85 Å². The highest BCUT2D eigenvalue weighted by Crippen LogP contribution is 2.10. The van der Waals surface area contributed by atoms with Gasteiger partial charge >= 0.3 is 0 Å². The quantitative estimate of drug-likeness (QED) is 0.611. The molecule has 0 heterocycles. The predicted octanol–water partition coefficient (Wildman–Crippen LogP) is 2.39. The van der Waals surface area contributed by atoms with Gasteiger partial charge in [-0.15, -0.1) is 0 Å². The molecule has 1 rings (SSSR count). The Bertz CT molecular complexity index is 266. The van der Waals surface area contributed by atoms with E-state index in [0.29, 0.717) is 0 Å². The zero-order valence-corrected chi connectivity index (χ0v) is 8.64. The summed E-state index contributed by atoms with van der Waals surface area (Å²) < 4.78 is 0. The summed E-state index contributed by atoms with van der Waals surface area (Å²) in [4.78, 5) is 0. The first kappa shape index (κ1) is 10.4. The predicted molar refractivity (Wildman–Crippen MR) is 59.8 cm³/mol. The van der Waals surface area contributed by atoms with E-state index in [1.807, 2.05) is 6.07 Å². The summed E-state index contributed by atoms with van der Waals surface area (Å²) in [6, 6.07) is 6.26. The monoisotopic (exact) mass is 172 g/mol. The molecule has 1 aromatic carbocycles. The summed E-state index contributed by atoms with van der Waals surface area (Å²) in [6.07, 6.45) is 4.63. The smallest absolute Gasteiger partial charge is 0.0933 e. The molecule has 0 bridgehead atoms. The van der Waals surface area contributed by atoms with Gasteiger partial charge < -0.3 is 0 Å². The van der Waals surface area contributed by atoms with Crippen molar-refractivity contribution in [3.63, 3.8) is 0 Å². The Labute approximate surface area is 82.8 Å². The highest BCUT2D eigenvalue weighted by atomic mass is 14.1. The molecule has 0 aliphatic rings. The van der Waals surface area contributed by atoms with E-state index in [9.17, 15) is 0 Å². The molecule has 0 aliphatic carbocycles. The number of rotatable bonds is 4. The molecule has 0 nitrogen and oxygen atoms in total. The summed E-state index contributed by atoms with van der Waals surface area (Å²) >= 11 is 0. The molecule has 0 aromatic heterocycles. The largest absolute Gasteiger partial charge is 0.114 e. The molecule has 1 heteroatoms. The maximum atomic E-state index is 5.94. The van der Waals surface area contributed by atoms with E-state index in [2.05, 4.69) is 26.0 Å². The SMILES string of the molecule is [B]c1cccc(CCC)c1CCC. The van der Waals surface area contributed by atoms with Crippen molar-refractivity contribution >= 4 is 13.3 Å². The normalized spacial score (nSPS) is 10.3. The van der Waals surface area contributed by atoms with Gasteiger partial charge in [0.05, 0.1) is 0 Å². The lowest BCUT2D eigenvalue weighted by Crippen LogP contribution is -2.13. The van der Waals surface area contributed by atoms with Gasteiger partial charge in [-0.2, -0.15) is 0 Å². The number of hydrogen-bond donors (Lipinski definition) is 0. The maximum absolute atomic E-state index is 5.94. The average Bonchev–Trinajstić information content (AvgIpc) is 2.11. The first-order valence-corrected chi connectivity index (χ1v) is 5.15. The third-order valence-electron chi connectivity index (χ3n) is 2.33. The van der Waals surface area contributed by atoms with Crippen molar-refractivity contribution < 1.29 is 0 Å². The summed E-state index contributed by atoms with van der Waals surface area (Å²) in [7, 11) is 5.94. The molecule has 2 radical (unpaired) electrons. The minimum atomic E-state index is 0.966. The van der Waals surface area contributed by atoms with Crippen LogP contribution in [0.2, 0.25) is 0 Å². The van der Waals surface area contributed by atoms with E-state index in [4.69, 9.17) is 7.85 Å². The van der Waals surface area contributed by atoms with Crippen LogP contribution in [0.25, 0.3) is 0 Å². The molecule has 0 aliphatic heterocycles. The Morgan fingerprint density at radius 1 is 1.08 bits per heavy atom. The molecule has 0 unspecified atom stereocenters. The van der Waals surface area contributed by atoms with Gasteiger partial charge in [0.15, 0.2) is 0 Å². The molecule has 13 heavy (non-hydrogen) atoms. The minimum absolute atomic E-state index is 0.966. The number of aryl methyl sites for hydroxylation is 1. The lowest BCUT2D eigenvalue weighted by atomic mass is 9.84. The van der Waals surface area contributed by atoms with Crippen LogP contribution in [0.5, 0.6) is 0 Å². The molecule has 0 saturated heterocycles. The number of hydrogen-bond acceptors (Lipinski definition) is 0. The molecule has 0 atom stereocenters. The number of benzene rings is 1. The molecular formula is C12H17B. The van der Waals surface area contributed by atoms with E-state index in [1.165, 1.54) is 24.0 Å². The summed E-state index contributed by atoms with van der Waals surface area (Å²) in [6.45, 7) is 4.40. The van der Waals surface area contributed by atoms with Crippen LogP contribution < -0.4 is 5.46 Å². The van der Waals surface area contributed by atoms with Crippen LogP contribution in [0.4, 0.5) is 0 Å². The van der Waals surface area contributed by atoms with Crippen LogP contribution in [0, 0.1) is 0 Å². The average molecular weight is 172 g/mol. The van der Waals surface area contributed by atoms with Crippen molar-refractivity contribution in [2.24, 2.45) is 0 Å². The van der Waals surface area contributed by atoms with Gasteiger partial charge in [0.25, 0.3) is 0 Å². The third-order valence-corrected chi connectivity index (χ3v) is 2.33. The van der Waals surface area contributed by atoms with E-state index >= 15 is 0 Å². The van der Waals surface area contributed by atoms with Gasteiger partial charge in [-0.1, -0.05) is 55.9 Å². The fourth-order valence-electron chi connectivity index (χ4n) is 1.71. The first-order chi connectivity index (χ1) is 6.29. The van der Waals surface area contributed by atoms with Gasteiger partial charge in [0.2, 0.25) is 0 Å². The molecule has 0 N–H and O–H groups in total. The summed E-state index contributed by atoms with van der Waals surface area (Å²) in [5.41, 5.74) is 3.77. The van der Waals surface area contributed by atoms with Crippen molar-refractivity contribution in [1.82, 2.24) is 0 Å². The van der Waals surface area contributed by atoms with Crippen LogP contribution >= 0.6 is 0 Å². The molecule has 0 spiro atoms. The van der Waals surface area contributed by atoms with Crippen molar-refractivity contribution in [3.05, 3.63) is 29.3 Å². The van der Waals surface area contributed by atoms with E-state index in [1.54, 1.807) is 0 Å². The zero-order valence-electron chi connectivity index (χ0n) is 8.64. The Hall–Kier alpha value is -0.715. The fraction of sp³-hybridized carbons (Fsp3) is 0.500. The third kappa shape index (κ3) is 2.62. The van der Waals surface area contributed by atoms with Crippen molar-refractivity contribution in [2.75, 3.05) is 0 Å². The van der Waals surface area contributed by atoms with Gasteiger partial charge in [0.1, 0.15) is 7.85 Å². The second kappa shape index (κ2) is 5.11. The molecule has 0 saturated carbocycles. The second-order valence-electron chi connectivity index (χ2n) is 3.48. The molecular weight excluding hydrogens is 155 g/mol. The lowest BCUT2D eigenvalue weighted by molar-refractivity contribution is 0.866. The molecule has 1 aromatic rings. The molecule has 0 fully saturated rings. The van der Waals surface area contributed by atoms with Crippen molar-refractivity contribution in [3.8, 4) is 0 Å². The Kier molecular flexibility index (Phi) is 4.07. The van der Waals surface area contributed by atoms with Crippen LogP contribution in [-0.2, 0) is 12.8 Å². The van der Waals surface area contributed by atoms with Gasteiger partial charge in [-0.05, 0) is 18.4 Å². The van der Waals surface area contributed by atoms with Crippen molar-refractivity contribution in [1.29, 1.82) is 0 Å². The maximum Gasteiger partial charge on any atom is 0.114 e. The van der Waals surface area contributed by atoms with E-state index in [0.717, 1.165) is 18.3 Å². The summed E-state index contributed by atoms with van der Waals surface area (Å²) in [5, 5.41) is 0. The highest BCUT2D eigenvalue weighted by Gasteiger charge is 2.02. The summed E-state index contributed by atoms with van der Waals surface area (Å²) in [5.74, 6) is 0. The van der Waals surface area contributed by atoms with E-state index < -0.39 is 0 Å². The second-order valence-corrected chi connectivity index (χ2v) is 3.48. The van der Waals surface area contributed by atoms with E-state index in [-0.39, 0.29) is 0 Å². The lowest BCUT2D eigenvalue weighted by Gasteiger charge is -2.11. The van der Waals surface area contributed by atoms with Gasteiger partial charge in [-0.25, -0.2) is 0 Å². The first-order valence-electron chi connectivity index (χ1n) is 5.15. The van der Waals surface area contributed by atoms with Crippen LogP contribution in [0.3, 0.4) is 0 Å². The standard InChI is InChI=1S/C12H17B/c1-3-6-10-8-5-9-12(13)11(10)7-4-2/h5,8-9H,3-4,6-7H2,1-2H3. The fourth-order valence-corrected chi connectivity index (χ4v) is 1.71. The zero-order chi connectivity index (χ0) is 9.68.